The number of amides is 1. The van der Waals surface area contributed by atoms with Crippen LogP contribution in [-0.4, -0.2) is 25.8 Å². The SMILES string of the molecule is CC(C)c1ccc(Nc2ncnc(NNC(=O)c3cccnc3)c2[N+](=O)[O-])cc1. The summed E-state index contributed by atoms with van der Waals surface area (Å²) < 4.78 is 0. The number of aromatic nitrogens is 3. The molecule has 0 aliphatic rings. The molecule has 2 heterocycles. The summed E-state index contributed by atoms with van der Waals surface area (Å²) in [4.78, 5) is 34.8. The highest BCUT2D eigenvalue weighted by atomic mass is 16.6. The summed E-state index contributed by atoms with van der Waals surface area (Å²) in [5.41, 5.74) is 6.54. The van der Waals surface area contributed by atoms with Crippen LogP contribution in [0.15, 0.2) is 55.1 Å². The number of rotatable bonds is 7. The first-order valence-electron chi connectivity index (χ1n) is 8.78. The van der Waals surface area contributed by atoms with Crippen LogP contribution in [0.1, 0.15) is 35.7 Å². The molecule has 0 aliphatic carbocycles. The molecule has 3 N–H and O–H groups in total. The van der Waals surface area contributed by atoms with Crippen LogP contribution in [0.2, 0.25) is 0 Å². The summed E-state index contributed by atoms with van der Waals surface area (Å²) in [6.45, 7) is 4.16. The second kappa shape index (κ2) is 8.74. The van der Waals surface area contributed by atoms with Crippen LogP contribution < -0.4 is 16.2 Å². The molecule has 0 saturated carbocycles. The Balaban J connectivity index is 1.80. The molecule has 3 rings (SSSR count). The molecule has 0 atom stereocenters. The van der Waals surface area contributed by atoms with Crippen molar-refractivity contribution in [2.45, 2.75) is 19.8 Å². The Hall–Kier alpha value is -4.08. The minimum Gasteiger partial charge on any atom is -0.334 e. The van der Waals surface area contributed by atoms with E-state index >= 15 is 0 Å². The number of hydrogen-bond acceptors (Lipinski definition) is 8. The fraction of sp³-hybridized carbons (Fsp3) is 0.158. The van der Waals surface area contributed by atoms with Crippen LogP contribution in [0.25, 0.3) is 0 Å². The number of benzene rings is 1. The Morgan fingerprint density at radius 1 is 1.10 bits per heavy atom. The maximum Gasteiger partial charge on any atom is 0.355 e. The molecule has 0 unspecified atom stereocenters. The minimum atomic E-state index is -0.622. The zero-order chi connectivity index (χ0) is 20.8. The molecular formula is C19H19N7O3. The molecule has 10 nitrogen and oxygen atoms in total. The molecule has 0 radical (unpaired) electrons. The van der Waals surface area contributed by atoms with Gasteiger partial charge in [-0.25, -0.2) is 9.97 Å². The summed E-state index contributed by atoms with van der Waals surface area (Å²) in [6, 6.07) is 10.7. The quantitative estimate of drug-likeness (QED) is 0.410. The second-order valence-corrected chi connectivity index (χ2v) is 6.40. The third-order valence-electron chi connectivity index (χ3n) is 4.06. The Kier molecular flexibility index (Phi) is 5.93. The highest BCUT2D eigenvalue weighted by Crippen LogP contribution is 2.31. The predicted molar refractivity (Wildman–Crippen MR) is 108 cm³/mol. The van der Waals surface area contributed by atoms with Crippen molar-refractivity contribution in [1.82, 2.24) is 20.4 Å². The second-order valence-electron chi connectivity index (χ2n) is 6.40. The van der Waals surface area contributed by atoms with E-state index in [2.05, 4.69) is 45.0 Å². The van der Waals surface area contributed by atoms with Gasteiger partial charge in [-0.15, -0.1) is 0 Å². The zero-order valence-electron chi connectivity index (χ0n) is 15.8. The first kappa shape index (κ1) is 19.7. The smallest absolute Gasteiger partial charge is 0.334 e. The molecule has 29 heavy (non-hydrogen) atoms. The van der Waals surface area contributed by atoms with E-state index in [9.17, 15) is 14.9 Å². The Labute approximate surface area is 166 Å². The predicted octanol–water partition coefficient (Wildman–Crippen LogP) is 3.40. The number of carbonyl (C=O) groups excluding carboxylic acids is 1. The summed E-state index contributed by atoms with van der Waals surface area (Å²) in [6.07, 6.45) is 4.07. The van der Waals surface area contributed by atoms with Crippen molar-refractivity contribution in [2.24, 2.45) is 0 Å². The summed E-state index contributed by atoms with van der Waals surface area (Å²) in [5.74, 6) is -0.287. The van der Waals surface area contributed by atoms with E-state index < -0.39 is 16.5 Å². The molecule has 1 aromatic carbocycles. The van der Waals surface area contributed by atoms with Crippen molar-refractivity contribution in [3.05, 3.63) is 76.4 Å². The summed E-state index contributed by atoms with van der Waals surface area (Å²) >= 11 is 0. The fourth-order valence-electron chi connectivity index (χ4n) is 2.51. The van der Waals surface area contributed by atoms with Gasteiger partial charge in [0, 0.05) is 18.1 Å². The molecule has 1 amide bonds. The van der Waals surface area contributed by atoms with Crippen LogP contribution in [0.4, 0.5) is 23.0 Å². The van der Waals surface area contributed by atoms with Crippen LogP contribution in [-0.2, 0) is 0 Å². The molecule has 0 saturated heterocycles. The van der Waals surface area contributed by atoms with E-state index in [0.717, 1.165) is 11.9 Å². The third kappa shape index (κ3) is 4.80. The maximum atomic E-state index is 12.1. The Morgan fingerprint density at radius 3 is 2.45 bits per heavy atom. The Bertz CT molecular complexity index is 1010. The van der Waals surface area contributed by atoms with Gasteiger partial charge in [-0.05, 0) is 35.7 Å². The lowest BCUT2D eigenvalue weighted by Gasteiger charge is -2.11. The van der Waals surface area contributed by atoms with Crippen molar-refractivity contribution in [3.63, 3.8) is 0 Å². The third-order valence-corrected chi connectivity index (χ3v) is 4.06. The van der Waals surface area contributed by atoms with Gasteiger partial charge in [-0.3, -0.25) is 30.7 Å². The molecule has 2 aromatic heterocycles. The molecule has 10 heteroatoms. The highest BCUT2D eigenvalue weighted by Gasteiger charge is 2.23. The van der Waals surface area contributed by atoms with Crippen molar-refractivity contribution in [2.75, 3.05) is 10.7 Å². The first-order valence-corrected chi connectivity index (χ1v) is 8.78. The van der Waals surface area contributed by atoms with E-state index in [4.69, 9.17) is 0 Å². The largest absolute Gasteiger partial charge is 0.355 e. The number of nitrogens with zero attached hydrogens (tertiary/aromatic N) is 4. The number of nitrogens with one attached hydrogen (secondary N) is 3. The topological polar surface area (TPSA) is 135 Å². The van der Waals surface area contributed by atoms with Gasteiger partial charge in [-0.1, -0.05) is 26.0 Å². The zero-order valence-corrected chi connectivity index (χ0v) is 15.8. The van der Waals surface area contributed by atoms with E-state index in [-0.39, 0.29) is 11.6 Å². The van der Waals surface area contributed by atoms with Crippen molar-refractivity contribution < 1.29 is 9.72 Å². The number of anilines is 3. The Morgan fingerprint density at radius 2 is 1.83 bits per heavy atom. The van der Waals surface area contributed by atoms with Crippen LogP contribution >= 0.6 is 0 Å². The average Bonchev–Trinajstić information content (AvgIpc) is 2.73. The van der Waals surface area contributed by atoms with Gasteiger partial charge in [-0.2, -0.15) is 0 Å². The molecule has 148 valence electrons. The summed E-state index contributed by atoms with van der Waals surface area (Å²) in [5, 5.41) is 14.5. The highest BCUT2D eigenvalue weighted by molar-refractivity contribution is 5.94. The first-order chi connectivity index (χ1) is 14.0. The van der Waals surface area contributed by atoms with Crippen LogP contribution in [0.3, 0.4) is 0 Å². The summed E-state index contributed by atoms with van der Waals surface area (Å²) in [7, 11) is 0. The van der Waals surface area contributed by atoms with Crippen molar-refractivity contribution in [3.8, 4) is 0 Å². The molecule has 0 fully saturated rings. The van der Waals surface area contributed by atoms with Gasteiger partial charge in [0.15, 0.2) is 0 Å². The number of nitro groups is 1. The fourth-order valence-corrected chi connectivity index (χ4v) is 2.51. The van der Waals surface area contributed by atoms with Crippen molar-refractivity contribution in [1.29, 1.82) is 0 Å². The lowest BCUT2D eigenvalue weighted by atomic mass is 10.0. The standard InChI is InChI=1S/C19H19N7O3/c1-12(2)13-5-7-15(8-6-13)23-17-16(26(28)29)18(22-11-21-17)24-25-19(27)14-4-3-9-20-10-14/h3-12H,1-2H3,(H,25,27)(H2,21,22,23,24). The molecule has 0 bridgehead atoms. The lowest BCUT2D eigenvalue weighted by molar-refractivity contribution is -0.383. The number of hydrogen-bond donors (Lipinski definition) is 3. The number of pyridine rings is 1. The normalized spacial score (nSPS) is 10.4. The number of hydrazine groups is 1. The van der Waals surface area contributed by atoms with Gasteiger partial charge in [0.1, 0.15) is 6.33 Å². The van der Waals surface area contributed by atoms with E-state index in [1.165, 1.54) is 12.4 Å². The van der Waals surface area contributed by atoms with Crippen LogP contribution in [0, 0.1) is 10.1 Å². The van der Waals surface area contributed by atoms with Gasteiger partial charge < -0.3 is 5.32 Å². The molecule has 0 aliphatic heterocycles. The maximum absolute atomic E-state index is 12.1. The van der Waals surface area contributed by atoms with E-state index in [1.54, 1.807) is 12.1 Å². The lowest BCUT2D eigenvalue weighted by Crippen LogP contribution is -2.30. The molecular weight excluding hydrogens is 374 g/mol. The molecule has 3 aromatic rings. The number of carbonyl (C=O) groups is 1. The average molecular weight is 393 g/mol. The minimum absolute atomic E-state index is 0.000392. The molecule has 0 spiro atoms. The van der Waals surface area contributed by atoms with Crippen LogP contribution in [0.5, 0.6) is 0 Å². The van der Waals surface area contributed by atoms with Gasteiger partial charge >= 0.3 is 5.69 Å². The van der Waals surface area contributed by atoms with Gasteiger partial charge in [0.05, 0.1) is 10.5 Å². The van der Waals surface area contributed by atoms with E-state index in [1.807, 2.05) is 24.3 Å². The van der Waals surface area contributed by atoms with E-state index in [0.29, 0.717) is 17.2 Å². The van der Waals surface area contributed by atoms with Gasteiger partial charge in [0.2, 0.25) is 11.6 Å². The monoisotopic (exact) mass is 393 g/mol. The van der Waals surface area contributed by atoms with Gasteiger partial charge in [0.25, 0.3) is 5.91 Å². The van der Waals surface area contributed by atoms with Crippen molar-refractivity contribution >= 4 is 28.9 Å².